The van der Waals surface area contributed by atoms with Crippen molar-refractivity contribution in [1.82, 2.24) is 0 Å². The molecule has 0 saturated carbocycles. The predicted octanol–water partition coefficient (Wildman–Crippen LogP) is 6.01. The Labute approximate surface area is 119 Å². The molecule has 0 aromatic carbocycles. The van der Waals surface area contributed by atoms with Gasteiger partial charge in [0.05, 0.1) is 0 Å². The van der Waals surface area contributed by atoms with E-state index >= 15 is 0 Å². The van der Waals surface area contributed by atoms with Gasteiger partial charge in [0.15, 0.2) is 0 Å². The minimum absolute atomic E-state index is 1.04. The Morgan fingerprint density at radius 2 is 0.882 bits per heavy atom. The average molecular weight is 315 g/mol. The smallest absolute Gasteiger partial charge is 0.280 e. The van der Waals surface area contributed by atoms with Crippen molar-refractivity contribution in [3.63, 3.8) is 0 Å². The molecular formula is C12H28Cl2OSi2. The Morgan fingerprint density at radius 1 is 0.647 bits per heavy atom. The van der Waals surface area contributed by atoms with E-state index in [1.54, 1.807) is 0 Å². The Kier molecular flexibility index (Phi) is 9.48. The molecule has 17 heavy (non-hydrogen) atoms. The largest absolute Gasteiger partial charge is 0.433 e. The fraction of sp³-hybridized carbons (Fsp3) is 1.00. The minimum Gasteiger partial charge on any atom is -0.433 e. The number of rotatable bonds is 10. The maximum Gasteiger partial charge on any atom is 0.280 e. The predicted molar refractivity (Wildman–Crippen MR) is 84.7 cm³/mol. The van der Waals surface area contributed by atoms with Gasteiger partial charge >= 0.3 is 0 Å². The molecule has 0 amide bonds. The molecule has 0 heterocycles. The van der Waals surface area contributed by atoms with E-state index < -0.39 is 15.3 Å². The molecule has 0 saturated heterocycles. The average Bonchev–Trinajstić information content (AvgIpc) is 2.17. The Hall–Kier alpha value is 0.974. The van der Waals surface area contributed by atoms with Crippen LogP contribution in [-0.4, -0.2) is 15.3 Å². The normalized spacial score (nSPS) is 13.1. The van der Waals surface area contributed by atoms with E-state index in [1.807, 2.05) is 0 Å². The third-order valence-electron chi connectivity index (χ3n) is 2.86. The Bertz CT molecular complexity index is 171. The third kappa shape index (κ3) is 7.21. The first kappa shape index (κ1) is 18.0. The van der Waals surface area contributed by atoms with Gasteiger partial charge in [-0.2, -0.15) is 0 Å². The molecule has 0 radical (unpaired) electrons. The van der Waals surface area contributed by atoms with E-state index in [0.717, 1.165) is 49.9 Å². The number of halogens is 2. The SMILES string of the molecule is CCC[Si](Cl)(CCC)O[Si](Cl)(CCC)CCC. The fourth-order valence-corrected chi connectivity index (χ4v) is 15.3. The van der Waals surface area contributed by atoms with Crippen LogP contribution in [0.15, 0.2) is 0 Å². The summed E-state index contributed by atoms with van der Waals surface area (Å²) in [5.74, 6) is 0. The molecule has 0 fully saturated rings. The Balaban J connectivity index is 4.65. The van der Waals surface area contributed by atoms with Crippen LogP contribution in [0.1, 0.15) is 53.4 Å². The summed E-state index contributed by atoms with van der Waals surface area (Å²) >= 11 is 13.5. The van der Waals surface area contributed by atoms with Crippen LogP contribution >= 0.6 is 22.2 Å². The lowest BCUT2D eigenvalue weighted by molar-refractivity contribution is 0.540. The van der Waals surface area contributed by atoms with Gasteiger partial charge in [-0.05, 0) is 24.2 Å². The van der Waals surface area contributed by atoms with Gasteiger partial charge < -0.3 is 4.12 Å². The van der Waals surface area contributed by atoms with E-state index in [0.29, 0.717) is 0 Å². The minimum atomic E-state index is -2.06. The lowest BCUT2D eigenvalue weighted by Gasteiger charge is -2.34. The van der Waals surface area contributed by atoms with Crippen molar-refractivity contribution >= 4 is 37.4 Å². The first-order valence-electron chi connectivity index (χ1n) is 7.03. The van der Waals surface area contributed by atoms with Crippen molar-refractivity contribution in [1.29, 1.82) is 0 Å². The first-order valence-corrected chi connectivity index (χ1v) is 13.7. The molecule has 1 nitrogen and oxygen atoms in total. The topological polar surface area (TPSA) is 9.23 Å². The van der Waals surface area contributed by atoms with E-state index in [-0.39, 0.29) is 0 Å². The van der Waals surface area contributed by atoms with Crippen LogP contribution in [0, 0.1) is 0 Å². The first-order chi connectivity index (χ1) is 7.95. The second-order valence-corrected chi connectivity index (χ2v) is 15.4. The molecule has 0 unspecified atom stereocenters. The summed E-state index contributed by atoms with van der Waals surface area (Å²) < 4.78 is 6.40. The van der Waals surface area contributed by atoms with Gasteiger partial charge in [-0.25, -0.2) is 0 Å². The molecule has 0 atom stereocenters. The van der Waals surface area contributed by atoms with Crippen LogP contribution in [0.25, 0.3) is 0 Å². The number of hydrogen-bond donors (Lipinski definition) is 0. The van der Waals surface area contributed by atoms with Crippen LogP contribution in [0.2, 0.25) is 24.2 Å². The van der Waals surface area contributed by atoms with Crippen molar-refractivity contribution in [2.75, 3.05) is 0 Å². The van der Waals surface area contributed by atoms with Gasteiger partial charge in [0.1, 0.15) is 0 Å². The van der Waals surface area contributed by atoms with Crippen LogP contribution < -0.4 is 0 Å². The molecule has 0 aliphatic carbocycles. The molecule has 104 valence electrons. The van der Waals surface area contributed by atoms with E-state index in [2.05, 4.69) is 27.7 Å². The van der Waals surface area contributed by atoms with Gasteiger partial charge in [0.2, 0.25) is 0 Å². The van der Waals surface area contributed by atoms with Gasteiger partial charge in [0.25, 0.3) is 15.3 Å². The van der Waals surface area contributed by atoms with Gasteiger partial charge in [-0.15, -0.1) is 22.2 Å². The summed E-state index contributed by atoms with van der Waals surface area (Å²) in [5.41, 5.74) is 0. The van der Waals surface area contributed by atoms with E-state index in [4.69, 9.17) is 26.3 Å². The molecular weight excluding hydrogens is 287 g/mol. The summed E-state index contributed by atoms with van der Waals surface area (Å²) in [7, 11) is -4.11. The van der Waals surface area contributed by atoms with E-state index in [1.165, 1.54) is 0 Å². The zero-order chi connectivity index (χ0) is 13.4. The summed E-state index contributed by atoms with van der Waals surface area (Å²) in [6, 6.07) is 4.16. The van der Waals surface area contributed by atoms with Crippen LogP contribution in [0.3, 0.4) is 0 Å². The molecule has 0 bridgehead atoms. The highest BCUT2D eigenvalue weighted by atomic mass is 35.6. The molecule has 0 aliphatic heterocycles. The lowest BCUT2D eigenvalue weighted by atomic mass is 10.6. The standard InChI is InChI=1S/C12H28Cl2OSi2/c1-5-9-16(13,10-6-2)15-17(14,11-7-3)12-8-4/h5-12H2,1-4H3. The van der Waals surface area contributed by atoms with Gasteiger partial charge in [-0.1, -0.05) is 53.4 Å². The highest BCUT2D eigenvalue weighted by Crippen LogP contribution is 2.35. The number of hydrogen-bond acceptors (Lipinski definition) is 1. The van der Waals surface area contributed by atoms with Crippen molar-refractivity contribution in [3.05, 3.63) is 0 Å². The monoisotopic (exact) mass is 314 g/mol. The van der Waals surface area contributed by atoms with Crippen molar-refractivity contribution in [2.45, 2.75) is 77.6 Å². The highest BCUT2D eigenvalue weighted by molar-refractivity contribution is 7.26. The quantitative estimate of drug-likeness (QED) is 0.354. The van der Waals surface area contributed by atoms with Crippen molar-refractivity contribution in [2.24, 2.45) is 0 Å². The summed E-state index contributed by atoms with van der Waals surface area (Å²) in [5, 5.41) is 0. The molecule has 0 spiro atoms. The Morgan fingerprint density at radius 3 is 1.06 bits per heavy atom. The highest BCUT2D eigenvalue weighted by Gasteiger charge is 2.42. The van der Waals surface area contributed by atoms with Crippen LogP contribution in [0.5, 0.6) is 0 Å². The molecule has 5 heteroatoms. The molecule has 0 aliphatic rings. The van der Waals surface area contributed by atoms with Crippen molar-refractivity contribution in [3.8, 4) is 0 Å². The van der Waals surface area contributed by atoms with Crippen LogP contribution in [0.4, 0.5) is 0 Å². The second-order valence-electron chi connectivity index (χ2n) is 4.87. The summed E-state index contributed by atoms with van der Waals surface area (Å²) in [6.07, 6.45) is 4.43. The lowest BCUT2D eigenvalue weighted by Crippen LogP contribution is -2.45. The van der Waals surface area contributed by atoms with Gasteiger partial charge in [-0.3, -0.25) is 0 Å². The van der Waals surface area contributed by atoms with E-state index in [9.17, 15) is 0 Å². The zero-order valence-corrected chi connectivity index (χ0v) is 15.3. The van der Waals surface area contributed by atoms with Crippen LogP contribution in [-0.2, 0) is 4.12 Å². The second kappa shape index (κ2) is 8.97. The maximum atomic E-state index is 6.76. The molecule has 0 aromatic heterocycles. The summed E-state index contributed by atoms with van der Waals surface area (Å²) in [6.45, 7) is 8.72. The molecule has 0 aromatic rings. The van der Waals surface area contributed by atoms with Gasteiger partial charge in [0, 0.05) is 0 Å². The zero-order valence-electron chi connectivity index (χ0n) is 11.8. The molecule has 0 N–H and O–H groups in total. The molecule has 0 rings (SSSR count). The maximum absolute atomic E-state index is 6.76. The fourth-order valence-electron chi connectivity index (χ4n) is 2.28. The summed E-state index contributed by atoms with van der Waals surface area (Å²) in [4.78, 5) is 0. The third-order valence-corrected chi connectivity index (χ3v) is 14.4. The van der Waals surface area contributed by atoms with Crippen molar-refractivity contribution < 1.29 is 4.12 Å².